The second-order valence-electron chi connectivity index (χ2n) is 5.83. The van der Waals surface area contributed by atoms with Crippen molar-refractivity contribution in [3.63, 3.8) is 0 Å². The number of fused-ring (bicyclic) bond motifs is 1. The average molecular weight is 286 g/mol. The van der Waals surface area contributed by atoms with Gasteiger partial charge in [-0.3, -0.25) is 9.69 Å². The maximum absolute atomic E-state index is 11.9. The van der Waals surface area contributed by atoms with E-state index in [0.717, 1.165) is 42.3 Å². The van der Waals surface area contributed by atoms with Crippen molar-refractivity contribution in [2.75, 3.05) is 6.54 Å². The van der Waals surface area contributed by atoms with Gasteiger partial charge in [0, 0.05) is 28.7 Å². The summed E-state index contributed by atoms with van der Waals surface area (Å²) >= 11 is 0. The van der Waals surface area contributed by atoms with Crippen LogP contribution in [-0.2, 0) is 4.79 Å². The van der Waals surface area contributed by atoms with E-state index in [1.807, 2.05) is 30.5 Å². The number of nitrogens with one attached hydrogen (secondary N) is 1. The number of hydrogen-bond donors (Lipinski definition) is 2. The Morgan fingerprint density at radius 3 is 3.00 bits per heavy atom. The van der Waals surface area contributed by atoms with Crippen LogP contribution in [0.4, 0.5) is 0 Å². The molecular formula is C17H22N2O2. The minimum absolute atomic E-state index is 0.369. The van der Waals surface area contributed by atoms with E-state index in [9.17, 15) is 9.90 Å². The van der Waals surface area contributed by atoms with E-state index < -0.39 is 12.0 Å². The lowest BCUT2D eigenvalue weighted by Crippen LogP contribution is -2.44. The van der Waals surface area contributed by atoms with Crippen molar-refractivity contribution in [2.24, 2.45) is 0 Å². The van der Waals surface area contributed by atoms with Gasteiger partial charge in [0.1, 0.15) is 6.04 Å². The molecule has 2 N–H and O–H groups in total. The van der Waals surface area contributed by atoms with Gasteiger partial charge in [-0.2, -0.15) is 0 Å². The van der Waals surface area contributed by atoms with Crippen molar-refractivity contribution in [2.45, 2.75) is 44.7 Å². The minimum Gasteiger partial charge on any atom is -0.480 e. The zero-order valence-corrected chi connectivity index (χ0v) is 12.4. The number of rotatable bonds is 4. The van der Waals surface area contributed by atoms with Crippen LogP contribution in [0.25, 0.3) is 10.9 Å². The predicted molar refractivity (Wildman–Crippen MR) is 83.3 cm³/mol. The Hall–Kier alpha value is -1.81. The summed E-state index contributed by atoms with van der Waals surface area (Å²) in [5.41, 5.74) is 1.89. The highest BCUT2D eigenvalue weighted by atomic mass is 16.4. The molecule has 1 aromatic carbocycles. The number of hydrogen-bond acceptors (Lipinski definition) is 2. The third-order valence-electron chi connectivity index (χ3n) is 4.63. The summed E-state index contributed by atoms with van der Waals surface area (Å²) in [4.78, 5) is 17.3. The normalized spacial score (nSPS) is 21.5. The van der Waals surface area contributed by atoms with Gasteiger partial charge in [0.2, 0.25) is 0 Å². The van der Waals surface area contributed by atoms with Crippen molar-refractivity contribution in [1.29, 1.82) is 0 Å². The molecule has 3 rings (SSSR count). The monoisotopic (exact) mass is 286 g/mol. The molecule has 1 aliphatic heterocycles. The highest BCUT2D eigenvalue weighted by Gasteiger charge is 2.34. The summed E-state index contributed by atoms with van der Waals surface area (Å²) in [5, 5.41) is 10.8. The molecule has 0 bridgehead atoms. The average Bonchev–Trinajstić information content (AvgIpc) is 2.92. The number of aliphatic carboxylic acids is 1. The van der Waals surface area contributed by atoms with Crippen LogP contribution in [0.5, 0.6) is 0 Å². The molecule has 0 spiro atoms. The highest BCUT2D eigenvalue weighted by molar-refractivity contribution is 5.89. The fourth-order valence-corrected chi connectivity index (χ4v) is 3.58. The van der Waals surface area contributed by atoms with Crippen LogP contribution in [0, 0.1) is 0 Å². The number of carbonyl (C=O) groups is 1. The van der Waals surface area contributed by atoms with E-state index in [1.54, 1.807) is 0 Å². The molecule has 0 aliphatic carbocycles. The molecule has 2 unspecified atom stereocenters. The van der Waals surface area contributed by atoms with Crippen molar-refractivity contribution in [1.82, 2.24) is 9.88 Å². The molecule has 2 aromatic rings. The van der Waals surface area contributed by atoms with Crippen LogP contribution in [0.2, 0.25) is 0 Å². The molecular weight excluding hydrogens is 264 g/mol. The van der Waals surface area contributed by atoms with Crippen LogP contribution in [0.3, 0.4) is 0 Å². The SMILES string of the molecule is CCC1CCCCN1C(C(=O)O)c1c[nH]c2ccccc12. The smallest absolute Gasteiger partial charge is 0.325 e. The zero-order valence-electron chi connectivity index (χ0n) is 12.4. The highest BCUT2D eigenvalue weighted by Crippen LogP contribution is 2.33. The largest absolute Gasteiger partial charge is 0.480 e. The van der Waals surface area contributed by atoms with Crippen LogP contribution in [0.1, 0.15) is 44.2 Å². The number of nitrogens with zero attached hydrogens (tertiary/aromatic N) is 1. The van der Waals surface area contributed by atoms with Gasteiger partial charge in [-0.1, -0.05) is 31.5 Å². The first kappa shape index (κ1) is 14.1. The van der Waals surface area contributed by atoms with Gasteiger partial charge in [-0.15, -0.1) is 0 Å². The number of para-hydroxylation sites is 1. The van der Waals surface area contributed by atoms with E-state index in [2.05, 4.69) is 16.8 Å². The van der Waals surface area contributed by atoms with E-state index in [0.29, 0.717) is 6.04 Å². The first-order chi connectivity index (χ1) is 10.2. The van der Waals surface area contributed by atoms with Crippen LogP contribution in [0.15, 0.2) is 30.5 Å². The Morgan fingerprint density at radius 2 is 2.24 bits per heavy atom. The summed E-state index contributed by atoms with van der Waals surface area (Å²) in [5.74, 6) is -0.750. The standard InChI is InChI=1S/C17H22N2O2/c1-2-12-7-5-6-10-19(12)16(17(20)21)14-11-18-15-9-4-3-8-13(14)15/h3-4,8-9,11-12,16,18H,2,5-7,10H2,1H3,(H,20,21). The number of carboxylic acids is 1. The summed E-state index contributed by atoms with van der Waals surface area (Å²) in [7, 11) is 0. The number of likely N-dealkylation sites (tertiary alicyclic amines) is 1. The molecule has 1 saturated heterocycles. The number of piperidine rings is 1. The maximum Gasteiger partial charge on any atom is 0.325 e. The van der Waals surface area contributed by atoms with Gasteiger partial charge in [0.05, 0.1) is 0 Å². The first-order valence-electron chi connectivity index (χ1n) is 7.77. The molecule has 2 heterocycles. The van der Waals surface area contributed by atoms with Crippen LogP contribution >= 0.6 is 0 Å². The molecule has 21 heavy (non-hydrogen) atoms. The van der Waals surface area contributed by atoms with Crippen LogP contribution in [-0.4, -0.2) is 33.5 Å². The zero-order chi connectivity index (χ0) is 14.8. The number of benzene rings is 1. The summed E-state index contributed by atoms with van der Waals surface area (Å²) < 4.78 is 0. The van der Waals surface area contributed by atoms with Gasteiger partial charge < -0.3 is 10.1 Å². The Labute approximate surface area is 124 Å². The predicted octanol–water partition coefficient (Wildman–Crippen LogP) is 3.56. The Bertz CT molecular complexity index is 635. The molecule has 1 aliphatic rings. The quantitative estimate of drug-likeness (QED) is 0.903. The number of carboxylic acid groups (broad SMARTS) is 1. The van der Waals surface area contributed by atoms with Gasteiger partial charge in [0.15, 0.2) is 0 Å². The van der Waals surface area contributed by atoms with Crippen molar-refractivity contribution >= 4 is 16.9 Å². The van der Waals surface area contributed by atoms with Crippen molar-refractivity contribution in [3.05, 3.63) is 36.0 Å². The van der Waals surface area contributed by atoms with Crippen LogP contribution < -0.4 is 0 Å². The third kappa shape index (κ3) is 2.56. The van der Waals surface area contributed by atoms with Gasteiger partial charge in [-0.25, -0.2) is 0 Å². The Kier molecular flexibility index (Phi) is 3.97. The lowest BCUT2D eigenvalue weighted by atomic mass is 9.94. The molecule has 2 atom stereocenters. The first-order valence-corrected chi connectivity index (χ1v) is 7.77. The van der Waals surface area contributed by atoms with Crippen molar-refractivity contribution < 1.29 is 9.90 Å². The molecule has 0 amide bonds. The van der Waals surface area contributed by atoms with E-state index in [4.69, 9.17) is 0 Å². The third-order valence-corrected chi connectivity index (χ3v) is 4.63. The maximum atomic E-state index is 11.9. The number of H-pyrrole nitrogens is 1. The van der Waals surface area contributed by atoms with Gasteiger partial charge in [0.25, 0.3) is 0 Å². The fourth-order valence-electron chi connectivity index (χ4n) is 3.58. The molecule has 4 nitrogen and oxygen atoms in total. The Morgan fingerprint density at radius 1 is 1.43 bits per heavy atom. The fraction of sp³-hybridized carbons (Fsp3) is 0.471. The van der Waals surface area contributed by atoms with Crippen molar-refractivity contribution in [3.8, 4) is 0 Å². The van der Waals surface area contributed by atoms with E-state index in [-0.39, 0.29) is 0 Å². The summed E-state index contributed by atoms with van der Waals surface area (Å²) in [6, 6.07) is 7.74. The molecule has 4 heteroatoms. The molecule has 1 aromatic heterocycles. The number of aromatic amines is 1. The lowest BCUT2D eigenvalue weighted by Gasteiger charge is -2.39. The molecule has 112 valence electrons. The second kappa shape index (κ2) is 5.90. The second-order valence-corrected chi connectivity index (χ2v) is 5.83. The Balaban J connectivity index is 2.03. The minimum atomic E-state index is -0.750. The van der Waals surface area contributed by atoms with E-state index >= 15 is 0 Å². The van der Waals surface area contributed by atoms with E-state index in [1.165, 1.54) is 6.42 Å². The number of aromatic nitrogens is 1. The van der Waals surface area contributed by atoms with Gasteiger partial charge in [-0.05, 0) is 31.9 Å². The summed E-state index contributed by atoms with van der Waals surface area (Å²) in [6.07, 6.45) is 6.26. The van der Waals surface area contributed by atoms with Gasteiger partial charge >= 0.3 is 5.97 Å². The molecule has 1 fully saturated rings. The topological polar surface area (TPSA) is 56.3 Å². The molecule has 0 radical (unpaired) electrons. The summed E-state index contributed by atoms with van der Waals surface area (Å²) in [6.45, 7) is 3.02. The molecule has 0 saturated carbocycles. The lowest BCUT2D eigenvalue weighted by molar-refractivity contribution is -0.145.